The van der Waals surface area contributed by atoms with E-state index in [1.807, 2.05) is 6.92 Å². The Morgan fingerprint density at radius 3 is 1.83 bits per heavy atom. The van der Waals surface area contributed by atoms with Crippen LogP contribution in [-0.2, 0) is 19.1 Å². The smallest absolute Gasteiger partial charge is 0.323 e. The second-order valence-corrected chi connectivity index (χ2v) is 4.10. The summed E-state index contributed by atoms with van der Waals surface area (Å²) in [7, 11) is 0. The Labute approximate surface area is 108 Å². The number of esters is 2. The lowest BCUT2D eigenvalue weighted by Crippen LogP contribution is -2.42. The molecule has 0 radical (unpaired) electrons. The predicted octanol–water partition coefficient (Wildman–Crippen LogP) is 1.67. The molecule has 0 aromatic heterocycles. The second kappa shape index (κ2) is 8.91. The third-order valence-electron chi connectivity index (χ3n) is 2.77. The first-order valence-electron chi connectivity index (χ1n) is 6.54. The number of carbonyl (C=O) groups is 2. The lowest BCUT2D eigenvalue weighted by atomic mass is 9.79. The maximum Gasteiger partial charge on any atom is 0.323 e. The molecule has 0 bridgehead atoms. The van der Waals surface area contributed by atoms with Crippen LogP contribution in [0.2, 0.25) is 0 Å². The van der Waals surface area contributed by atoms with Gasteiger partial charge in [0.15, 0.2) is 5.41 Å². The quantitative estimate of drug-likeness (QED) is 0.504. The van der Waals surface area contributed by atoms with Gasteiger partial charge in [-0.25, -0.2) is 0 Å². The number of aliphatic hydroxyl groups excluding tert-OH is 1. The Morgan fingerprint density at radius 1 is 1.00 bits per heavy atom. The van der Waals surface area contributed by atoms with Gasteiger partial charge in [0.05, 0.1) is 13.2 Å². The Morgan fingerprint density at radius 2 is 1.50 bits per heavy atom. The third-order valence-corrected chi connectivity index (χ3v) is 2.77. The summed E-state index contributed by atoms with van der Waals surface area (Å²) in [4.78, 5) is 24.1. The fourth-order valence-corrected chi connectivity index (χ4v) is 1.96. The summed E-state index contributed by atoms with van der Waals surface area (Å²) >= 11 is 0. The first-order valence-corrected chi connectivity index (χ1v) is 6.54. The topological polar surface area (TPSA) is 72.8 Å². The molecular formula is C13H24O5. The van der Waals surface area contributed by atoms with E-state index in [0.717, 1.165) is 0 Å². The van der Waals surface area contributed by atoms with Crippen molar-refractivity contribution in [3.05, 3.63) is 0 Å². The van der Waals surface area contributed by atoms with Gasteiger partial charge in [-0.1, -0.05) is 13.3 Å². The summed E-state index contributed by atoms with van der Waals surface area (Å²) < 4.78 is 10.0. The van der Waals surface area contributed by atoms with E-state index in [1.54, 1.807) is 13.8 Å². The molecule has 0 saturated heterocycles. The fraction of sp³-hybridized carbons (Fsp3) is 0.846. The number of ether oxygens (including phenoxy) is 2. The van der Waals surface area contributed by atoms with E-state index in [4.69, 9.17) is 14.6 Å². The van der Waals surface area contributed by atoms with E-state index >= 15 is 0 Å². The van der Waals surface area contributed by atoms with Crippen molar-refractivity contribution in [1.82, 2.24) is 0 Å². The number of hydrogen-bond donors (Lipinski definition) is 1. The Bertz CT molecular complexity index is 244. The zero-order chi connectivity index (χ0) is 14.0. The molecule has 1 N–H and O–H groups in total. The average molecular weight is 260 g/mol. The van der Waals surface area contributed by atoms with Crippen LogP contribution in [0.1, 0.15) is 46.5 Å². The molecular weight excluding hydrogens is 236 g/mol. The van der Waals surface area contributed by atoms with Gasteiger partial charge in [-0.05, 0) is 33.1 Å². The van der Waals surface area contributed by atoms with Crippen molar-refractivity contribution in [2.24, 2.45) is 5.41 Å². The highest BCUT2D eigenvalue weighted by Crippen LogP contribution is 2.33. The first kappa shape index (κ1) is 16.9. The van der Waals surface area contributed by atoms with Gasteiger partial charge in [-0.2, -0.15) is 0 Å². The van der Waals surface area contributed by atoms with Gasteiger partial charge in [-0.15, -0.1) is 0 Å². The summed E-state index contributed by atoms with van der Waals surface area (Å²) in [5.41, 5.74) is -1.26. The van der Waals surface area contributed by atoms with E-state index in [9.17, 15) is 9.59 Å². The lowest BCUT2D eigenvalue weighted by Gasteiger charge is -2.28. The van der Waals surface area contributed by atoms with Crippen molar-refractivity contribution in [1.29, 1.82) is 0 Å². The van der Waals surface area contributed by atoms with Crippen LogP contribution in [-0.4, -0.2) is 36.9 Å². The number of carbonyl (C=O) groups excluding carboxylic acids is 2. The number of hydrogen-bond acceptors (Lipinski definition) is 5. The molecule has 0 atom stereocenters. The van der Waals surface area contributed by atoms with Crippen LogP contribution in [0.5, 0.6) is 0 Å². The number of aliphatic hydroxyl groups is 1. The van der Waals surface area contributed by atoms with Gasteiger partial charge in [0, 0.05) is 6.61 Å². The molecule has 0 aromatic carbocycles. The standard InChI is InChI=1S/C13H24O5/c1-4-8-13(9-7-10-14,11(15)17-5-2)12(16)18-6-3/h14H,4-10H2,1-3H3. The van der Waals surface area contributed by atoms with E-state index < -0.39 is 17.4 Å². The zero-order valence-electron chi connectivity index (χ0n) is 11.5. The summed E-state index contributed by atoms with van der Waals surface area (Å²) in [6.07, 6.45) is 1.68. The van der Waals surface area contributed by atoms with Crippen molar-refractivity contribution in [3.63, 3.8) is 0 Å². The Kier molecular flexibility index (Phi) is 8.37. The summed E-state index contributed by atoms with van der Waals surface area (Å²) in [5, 5.41) is 8.92. The molecule has 0 fully saturated rings. The molecule has 0 aliphatic rings. The van der Waals surface area contributed by atoms with E-state index in [1.165, 1.54) is 0 Å². The largest absolute Gasteiger partial charge is 0.465 e. The molecule has 106 valence electrons. The molecule has 0 aliphatic carbocycles. The highest BCUT2D eigenvalue weighted by Gasteiger charge is 2.47. The van der Waals surface area contributed by atoms with Gasteiger partial charge < -0.3 is 14.6 Å². The van der Waals surface area contributed by atoms with Crippen molar-refractivity contribution < 1.29 is 24.2 Å². The van der Waals surface area contributed by atoms with Gasteiger partial charge in [0.2, 0.25) is 0 Å². The van der Waals surface area contributed by atoms with Gasteiger partial charge in [-0.3, -0.25) is 9.59 Å². The molecule has 18 heavy (non-hydrogen) atoms. The Balaban J connectivity index is 5.12. The molecule has 0 aliphatic heterocycles. The molecule has 0 aromatic rings. The highest BCUT2D eigenvalue weighted by molar-refractivity contribution is 6.00. The third kappa shape index (κ3) is 4.29. The summed E-state index contributed by atoms with van der Waals surface area (Å²) in [6.45, 7) is 5.68. The normalized spacial score (nSPS) is 11.1. The van der Waals surface area contributed by atoms with Crippen LogP contribution in [0.4, 0.5) is 0 Å². The van der Waals surface area contributed by atoms with Gasteiger partial charge in [0.25, 0.3) is 0 Å². The van der Waals surface area contributed by atoms with Crippen molar-refractivity contribution >= 4 is 11.9 Å². The molecule has 0 rings (SSSR count). The fourth-order valence-electron chi connectivity index (χ4n) is 1.96. The molecule has 0 saturated carbocycles. The highest BCUT2D eigenvalue weighted by atomic mass is 16.6. The first-order chi connectivity index (χ1) is 8.58. The maximum atomic E-state index is 12.1. The van der Waals surface area contributed by atoms with Crippen molar-refractivity contribution in [2.75, 3.05) is 19.8 Å². The minimum atomic E-state index is -1.26. The Hall–Kier alpha value is -1.10. The maximum absolute atomic E-state index is 12.1. The summed E-state index contributed by atoms with van der Waals surface area (Å²) in [6, 6.07) is 0. The van der Waals surface area contributed by atoms with Crippen LogP contribution >= 0.6 is 0 Å². The van der Waals surface area contributed by atoms with Gasteiger partial charge in [0.1, 0.15) is 0 Å². The van der Waals surface area contributed by atoms with E-state index in [0.29, 0.717) is 19.3 Å². The zero-order valence-corrected chi connectivity index (χ0v) is 11.5. The lowest BCUT2D eigenvalue weighted by molar-refractivity contribution is -0.173. The predicted molar refractivity (Wildman–Crippen MR) is 66.9 cm³/mol. The number of rotatable bonds is 9. The van der Waals surface area contributed by atoms with Crippen LogP contribution < -0.4 is 0 Å². The van der Waals surface area contributed by atoms with Gasteiger partial charge >= 0.3 is 11.9 Å². The molecule has 0 spiro atoms. The minimum Gasteiger partial charge on any atom is -0.465 e. The van der Waals surface area contributed by atoms with Crippen LogP contribution in [0.25, 0.3) is 0 Å². The average Bonchev–Trinajstić information content (AvgIpc) is 2.35. The van der Waals surface area contributed by atoms with Crippen LogP contribution in [0.3, 0.4) is 0 Å². The molecule has 0 amide bonds. The molecule has 5 nitrogen and oxygen atoms in total. The van der Waals surface area contributed by atoms with Crippen LogP contribution in [0.15, 0.2) is 0 Å². The molecule has 0 unspecified atom stereocenters. The summed E-state index contributed by atoms with van der Waals surface area (Å²) in [5.74, 6) is -1.09. The van der Waals surface area contributed by atoms with E-state index in [-0.39, 0.29) is 26.2 Å². The van der Waals surface area contributed by atoms with Crippen molar-refractivity contribution in [3.8, 4) is 0 Å². The molecule has 0 heterocycles. The second-order valence-electron chi connectivity index (χ2n) is 4.10. The molecule has 5 heteroatoms. The monoisotopic (exact) mass is 260 g/mol. The minimum absolute atomic E-state index is 0.0652. The SMILES string of the molecule is CCCC(CCCO)(C(=O)OCC)C(=O)OCC. The van der Waals surface area contributed by atoms with Crippen molar-refractivity contribution in [2.45, 2.75) is 46.5 Å². The van der Waals surface area contributed by atoms with Crippen LogP contribution in [0, 0.1) is 5.41 Å². The van der Waals surface area contributed by atoms with E-state index in [2.05, 4.69) is 0 Å².